The lowest BCUT2D eigenvalue weighted by atomic mass is 10.2. The number of halogens is 2. The summed E-state index contributed by atoms with van der Waals surface area (Å²) in [6, 6.07) is 5.29. The first-order chi connectivity index (χ1) is 8.02. The molecule has 17 heavy (non-hydrogen) atoms. The Morgan fingerprint density at radius 2 is 1.88 bits per heavy atom. The topological polar surface area (TPSA) is 32.3 Å². The molecule has 0 unspecified atom stereocenters. The highest BCUT2D eigenvalue weighted by Gasteiger charge is 2.09. The summed E-state index contributed by atoms with van der Waals surface area (Å²) < 4.78 is 0. The second-order valence-corrected chi connectivity index (χ2v) is 4.68. The van der Waals surface area contributed by atoms with Crippen molar-refractivity contribution in [1.82, 2.24) is 10.2 Å². The fraction of sp³-hybridized carbons (Fsp3) is 0.417. The normalized spacial score (nSPS) is 10.4. The van der Waals surface area contributed by atoms with E-state index in [2.05, 4.69) is 5.32 Å². The maximum atomic E-state index is 11.7. The van der Waals surface area contributed by atoms with Crippen LogP contribution in [-0.2, 0) is 11.3 Å². The Labute approximate surface area is 112 Å². The van der Waals surface area contributed by atoms with Gasteiger partial charge in [0.25, 0.3) is 0 Å². The van der Waals surface area contributed by atoms with Crippen molar-refractivity contribution in [3.63, 3.8) is 0 Å². The number of carbonyl (C=O) groups is 1. The molecule has 1 aromatic rings. The first-order valence-electron chi connectivity index (χ1n) is 5.42. The van der Waals surface area contributed by atoms with Crippen LogP contribution in [0.25, 0.3) is 0 Å². The molecule has 3 nitrogen and oxygen atoms in total. The number of rotatable bonds is 5. The molecule has 0 atom stereocenters. The van der Waals surface area contributed by atoms with E-state index >= 15 is 0 Å². The highest BCUT2D eigenvalue weighted by atomic mass is 35.5. The summed E-state index contributed by atoms with van der Waals surface area (Å²) >= 11 is 11.8. The number of likely N-dealkylation sites (N-methyl/N-ethyl adjacent to an activating group) is 2. The van der Waals surface area contributed by atoms with Gasteiger partial charge >= 0.3 is 0 Å². The van der Waals surface area contributed by atoms with Crippen molar-refractivity contribution in [3.8, 4) is 0 Å². The molecular formula is C12H16Cl2N2O. The van der Waals surface area contributed by atoms with Gasteiger partial charge in [-0.25, -0.2) is 0 Å². The van der Waals surface area contributed by atoms with Crippen LogP contribution in [0.5, 0.6) is 0 Å². The van der Waals surface area contributed by atoms with Gasteiger partial charge in [-0.1, -0.05) is 30.1 Å². The van der Waals surface area contributed by atoms with Crippen molar-refractivity contribution in [1.29, 1.82) is 0 Å². The molecule has 1 aromatic carbocycles. The van der Waals surface area contributed by atoms with E-state index < -0.39 is 0 Å². The Morgan fingerprint density at radius 1 is 1.29 bits per heavy atom. The van der Waals surface area contributed by atoms with Crippen molar-refractivity contribution < 1.29 is 4.79 Å². The van der Waals surface area contributed by atoms with Crippen LogP contribution < -0.4 is 5.32 Å². The van der Waals surface area contributed by atoms with Gasteiger partial charge in [-0.3, -0.25) is 4.79 Å². The van der Waals surface area contributed by atoms with Gasteiger partial charge in [0.2, 0.25) is 5.91 Å². The number of carbonyl (C=O) groups excluding carboxylic acids is 1. The van der Waals surface area contributed by atoms with E-state index in [0.717, 1.165) is 12.1 Å². The fourth-order valence-corrected chi connectivity index (χ4v) is 2.00. The molecule has 0 saturated heterocycles. The van der Waals surface area contributed by atoms with Crippen molar-refractivity contribution in [2.75, 3.05) is 20.1 Å². The molecule has 0 spiro atoms. The highest BCUT2D eigenvalue weighted by Crippen LogP contribution is 2.19. The third kappa shape index (κ3) is 4.94. The minimum atomic E-state index is 0.0444. The van der Waals surface area contributed by atoms with Gasteiger partial charge < -0.3 is 10.2 Å². The molecule has 0 heterocycles. The Bertz CT molecular complexity index is 376. The number of amides is 1. The molecule has 0 bridgehead atoms. The van der Waals surface area contributed by atoms with Gasteiger partial charge in [-0.05, 0) is 30.3 Å². The first-order valence-corrected chi connectivity index (χ1v) is 6.18. The van der Waals surface area contributed by atoms with E-state index in [1.165, 1.54) is 0 Å². The van der Waals surface area contributed by atoms with E-state index in [1.54, 1.807) is 18.0 Å². The van der Waals surface area contributed by atoms with Crippen molar-refractivity contribution in [2.24, 2.45) is 0 Å². The Balaban J connectivity index is 2.60. The van der Waals surface area contributed by atoms with Crippen LogP contribution in [0.15, 0.2) is 18.2 Å². The summed E-state index contributed by atoms with van der Waals surface area (Å²) in [5.74, 6) is 0.0444. The third-order valence-corrected chi connectivity index (χ3v) is 2.73. The number of benzene rings is 1. The number of hydrogen-bond donors (Lipinski definition) is 1. The quantitative estimate of drug-likeness (QED) is 0.895. The smallest absolute Gasteiger partial charge is 0.236 e. The summed E-state index contributed by atoms with van der Waals surface area (Å²) in [6.07, 6.45) is 0. The van der Waals surface area contributed by atoms with E-state index in [9.17, 15) is 4.79 Å². The lowest BCUT2D eigenvalue weighted by molar-refractivity contribution is -0.129. The highest BCUT2D eigenvalue weighted by molar-refractivity contribution is 6.34. The zero-order valence-electron chi connectivity index (χ0n) is 9.96. The molecule has 0 aromatic heterocycles. The molecule has 0 aliphatic carbocycles. The molecule has 0 aliphatic rings. The third-order valence-electron chi connectivity index (χ3n) is 2.29. The molecule has 1 rings (SSSR count). The molecule has 0 saturated carbocycles. The lowest BCUT2D eigenvalue weighted by Crippen LogP contribution is -2.35. The molecule has 5 heteroatoms. The predicted molar refractivity (Wildman–Crippen MR) is 71.5 cm³/mol. The van der Waals surface area contributed by atoms with E-state index in [1.807, 2.05) is 19.1 Å². The zero-order valence-corrected chi connectivity index (χ0v) is 11.5. The molecule has 0 fully saturated rings. The van der Waals surface area contributed by atoms with Gasteiger partial charge in [-0.2, -0.15) is 0 Å². The summed E-state index contributed by atoms with van der Waals surface area (Å²) in [7, 11) is 1.76. The molecule has 1 amide bonds. The van der Waals surface area contributed by atoms with Crippen molar-refractivity contribution >= 4 is 29.1 Å². The predicted octanol–water partition coefficient (Wildman–Crippen LogP) is 2.56. The summed E-state index contributed by atoms with van der Waals surface area (Å²) in [4.78, 5) is 13.3. The second kappa shape index (κ2) is 6.84. The largest absolute Gasteiger partial charge is 0.340 e. The Kier molecular flexibility index (Phi) is 5.75. The molecule has 94 valence electrons. The van der Waals surface area contributed by atoms with Crippen LogP contribution in [0, 0.1) is 0 Å². The van der Waals surface area contributed by atoms with Gasteiger partial charge in [0.05, 0.1) is 6.54 Å². The molecule has 0 aliphatic heterocycles. The molecular weight excluding hydrogens is 259 g/mol. The molecule has 1 N–H and O–H groups in total. The van der Waals surface area contributed by atoms with E-state index in [0.29, 0.717) is 23.1 Å². The van der Waals surface area contributed by atoms with Crippen LogP contribution >= 0.6 is 23.2 Å². The second-order valence-electron chi connectivity index (χ2n) is 3.81. The maximum Gasteiger partial charge on any atom is 0.236 e. The zero-order chi connectivity index (χ0) is 12.8. The number of nitrogens with zero attached hydrogens (tertiary/aromatic N) is 1. The van der Waals surface area contributed by atoms with Crippen LogP contribution in [0.1, 0.15) is 12.5 Å². The van der Waals surface area contributed by atoms with Gasteiger partial charge in [0, 0.05) is 23.6 Å². The van der Waals surface area contributed by atoms with Gasteiger partial charge in [-0.15, -0.1) is 0 Å². The average Bonchev–Trinajstić information content (AvgIpc) is 2.24. The van der Waals surface area contributed by atoms with E-state index in [4.69, 9.17) is 23.2 Å². The Hall–Kier alpha value is -0.770. The molecule has 0 radical (unpaired) electrons. The first kappa shape index (κ1) is 14.3. The summed E-state index contributed by atoms with van der Waals surface area (Å²) in [5.41, 5.74) is 0.926. The average molecular weight is 275 g/mol. The SMILES string of the molecule is CCNCC(=O)N(C)Cc1cc(Cl)cc(Cl)c1. The minimum Gasteiger partial charge on any atom is -0.340 e. The van der Waals surface area contributed by atoms with Crippen molar-refractivity contribution in [2.45, 2.75) is 13.5 Å². The van der Waals surface area contributed by atoms with Crippen LogP contribution in [0.4, 0.5) is 0 Å². The fourth-order valence-electron chi connectivity index (χ4n) is 1.43. The van der Waals surface area contributed by atoms with Gasteiger partial charge in [0.15, 0.2) is 0 Å². The monoisotopic (exact) mass is 274 g/mol. The van der Waals surface area contributed by atoms with Crippen LogP contribution in [-0.4, -0.2) is 30.9 Å². The van der Waals surface area contributed by atoms with E-state index in [-0.39, 0.29) is 5.91 Å². The number of nitrogens with one attached hydrogen (secondary N) is 1. The maximum absolute atomic E-state index is 11.7. The summed E-state index contributed by atoms with van der Waals surface area (Å²) in [5, 5.41) is 4.16. The standard InChI is InChI=1S/C12H16Cl2N2O/c1-3-15-7-12(17)16(2)8-9-4-10(13)6-11(14)5-9/h4-6,15H,3,7-8H2,1-2H3. The van der Waals surface area contributed by atoms with Crippen molar-refractivity contribution in [3.05, 3.63) is 33.8 Å². The Morgan fingerprint density at radius 3 is 2.41 bits per heavy atom. The summed E-state index contributed by atoms with van der Waals surface area (Å²) in [6.45, 7) is 3.60. The minimum absolute atomic E-state index is 0.0444. The lowest BCUT2D eigenvalue weighted by Gasteiger charge is -2.17. The van der Waals surface area contributed by atoms with Gasteiger partial charge in [0.1, 0.15) is 0 Å². The number of hydrogen-bond acceptors (Lipinski definition) is 2. The van der Waals surface area contributed by atoms with Crippen LogP contribution in [0.3, 0.4) is 0 Å². The van der Waals surface area contributed by atoms with Crippen LogP contribution in [0.2, 0.25) is 10.0 Å².